The van der Waals surface area contributed by atoms with Crippen LogP contribution in [-0.4, -0.2) is 27.0 Å². The molecule has 0 fully saturated rings. The Labute approximate surface area is 134 Å². The van der Waals surface area contributed by atoms with E-state index < -0.39 is 0 Å². The highest BCUT2D eigenvalue weighted by atomic mass is 16.5. The largest absolute Gasteiger partial charge is 0.493 e. The van der Waals surface area contributed by atoms with Crippen LogP contribution in [0.15, 0.2) is 23.3 Å². The first-order valence-electron chi connectivity index (χ1n) is 8.32. The number of nitrogens with zero attached hydrogens (tertiary/aromatic N) is 1. The van der Waals surface area contributed by atoms with Gasteiger partial charge in [0.15, 0.2) is 11.5 Å². The SMILES string of the molecule is CCCCCCCCCOc1ccc(/C=N/NC)cc1OC. The number of unbranched alkanes of at least 4 members (excludes halogenated alkanes) is 6. The zero-order valence-corrected chi connectivity index (χ0v) is 14.2. The Morgan fingerprint density at radius 3 is 2.45 bits per heavy atom. The summed E-state index contributed by atoms with van der Waals surface area (Å²) in [6.07, 6.45) is 10.8. The van der Waals surface area contributed by atoms with Gasteiger partial charge >= 0.3 is 0 Å². The summed E-state index contributed by atoms with van der Waals surface area (Å²) in [5, 5.41) is 3.99. The lowest BCUT2D eigenvalue weighted by Gasteiger charge is -2.11. The van der Waals surface area contributed by atoms with E-state index in [0.717, 1.165) is 30.1 Å². The Morgan fingerprint density at radius 2 is 1.77 bits per heavy atom. The summed E-state index contributed by atoms with van der Waals surface area (Å²) in [5.41, 5.74) is 3.71. The van der Waals surface area contributed by atoms with Crippen LogP contribution in [0.1, 0.15) is 57.4 Å². The molecule has 0 heterocycles. The predicted octanol–water partition coefficient (Wildman–Crippen LogP) is 4.38. The molecule has 0 spiro atoms. The molecule has 22 heavy (non-hydrogen) atoms. The minimum atomic E-state index is 0.744. The molecule has 124 valence electrons. The van der Waals surface area contributed by atoms with Gasteiger partial charge in [0, 0.05) is 7.05 Å². The minimum Gasteiger partial charge on any atom is -0.493 e. The van der Waals surface area contributed by atoms with Crippen LogP contribution in [0, 0.1) is 0 Å². The maximum Gasteiger partial charge on any atom is 0.161 e. The highest BCUT2D eigenvalue weighted by Gasteiger charge is 2.05. The lowest BCUT2D eigenvalue weighted by molar-refractivity contribution is 0.284. The summed E-state index contributed by atoms with van der Waals surface area (Å²) in [6, 6.07) is 5.85. The number of methoxy groups -OCH3 is 1. The monoisotopic (exact) mass is 306 g/mol. The summed E-state index contributed by atoms with van der Waals surface area (Å²) in [6.45, 7) is 2.99. The third kappa shape index (κ3) is 7.34. The number of ether oxygens (including phenoxy) is 2. The van der Waals surface area contributed by atoms with Crippen LogP contribution in [-0.2, 0) is 0 Å². The van der Waals surface area contributed by atoms with Gasteiger partial charge < -0.3 is 14.9 Å². The van der Waals surface area contributed by atoms with Crippen molar-refractivity contribution in [3.63, 3.8) is 0 Å². The molecule has 0 amide bonds. The molecule has 0 aliphatic heterocycles. The number of hydrazone groups is 1. The molecule has 1 N–H and O–H groups in total. The van der Waals surface area contributed by atoms with E-state index >= 15 is 0 Å². The smallest absolute Gasteiger partial charge is 0.161 e. The van der Waals surface area contributed by atoms with Crippen molar-refractivity contribution in [1.29, 1.82) is 0 Å². The van der Waals surface area contributed by atoms with E-state index in [0.29, 0.717) is 0 Å². The van der Waals surface area contributed by atoms with Gasteiger partial charge in [-0.15, -0.1) is 0 Å². The Kier molecular flexibility index (Phi) is 9.92. The molecule has 0 aliphatic rings. The number of hydrogen-bond donors (Lipinski definition) is 1. The molecule has 0 saturated carbocycles. The van der Waals surface area contributed by atoms with Crippen LogP contribution in [0.25, 0.3) is 0 Å². The third-order valence-electron chi connectivity index (χ3n) is 3.54. The molecular weight excluding hydrogens is 276 g/mol. The summed E-state index contributed by atoms with van der Waals surface area (Å²) < 4.78 is 11.2. The first-order valence-corrected chi connectivity index (χ1v) is 8.32. The molecule has 0 unspecified atom stereocenters. The number of nitrogens with one attached hydrogen (secondary N) is 1. The van der Waals surface area contributed by atoms with Crippen molar-refractivity contribution in [2.75, 3.05) is 20.8 Å². The van der Waals surface area contributed by atoms with Crippen LogP contribution in [0.3, 0.4) is 0 Å². The molecular formula is C18H30N2O2. The first kappa shape index (κ1) is 18.3. The molecule has 4 heteroatoms. The van der Waals surface area contributed by atoms with Crippen molar-refractivity contribution in [2.45, 2.75) is 51.9 Å². The van der Waals surface area contributed by atoms with Crippen molar-refractivity contribution in [3.8, 4) is 11.5 Å². The van der Waals surface area contributed by atoms with Crippen molar-refractivity contribution in [2.24, 2.45) is 5.10 Å². The predicted molar refractivity (Wildman–Crippen MR) is 93.1 cm³/mol. The fraction of sp³-hybridized carbons (Fsp3) is 0.611. The van der Waals surface area contributed by atoms with Gasteiger partial charge in [0.2, 0.25) is 0 Å². The average Bonchev–Trinajstić information content (AvgIpc) is 2.55. The highest BCUT2D eigenvalue weighted by Crippen LogP contribution is 2.27. The van der Waals surface area contributed by atoms with Gasteiger partial charge in [0.05, 0.1) is 19.9 Å². The molecule has 1 rings (SSSR count). The van der Waals surface area contributed by atoms with Gasteiger partial charge in [0.1, 0.15) is 0 Å². The van der Waals surface area contributed by atoms with Gasteiger partial charge in [-0.1, -0.05) is 45.4 Å². The van der Waals surface area contributed by atoms with E-state index in [1.54, 1.807) is 20.4 Å². The van der Waals surface area contributed by atoms with Gasteiger partial charge in [-0.3, -0.25) is 0 Å². The zero-order valence-electron chi connectivity index (χ0n) is 14.2. The molecule has 4 nitrogen and oxygen atoms in total. The van der Waals surface area contributed by atoms with Crippen molar-refractivity contribution in [3.05, 3.63) is 23.8 Å². The van der Waals surface area contributed by atoms with E-state index in [1.165, 1.54) is 38.5 Å². The normalized spacial score (nSPS) is 10.9. The molecule has 0 radical (unpaired) electrons. The quantitative estimate of drug-likeness (QED) is 0.354. The second-order valence-corrected chi connectivity index (χ2v) is 5.36. The summed E-state index contributed by atoms with van der Waals surface area (Å²) in [5.74, 6) is 1.55. The van der Waals surface area contributed by atoms with Gasteiger partial charge in [-0.2, -0.15) is 5.10 Å². The maximum atomic E-state index is 5.83. The zero-order chi connectivity index (χ0) is 16.0. The fourth-order valence-electron chi connectivity index (χ4n) is 2.26. The second-order valence-electron chi connectivity index (χ2n) is 5.36. The number of hydrogen-bond acceptors (Lipinski definition) is 4. The lowest BCUT2D eigenvalue weighted by atomic mass is 10.1. The van der Waals surface area contributed by atoms with E-state index in [9.17, 15) is 0 Å². The van der Waals surface area contributed by atoms with Gasteiger partial charge in [-0.05, 0) is 30.2 Å². The Balaban J connectivity index is 2.31. The summed E-state index contributed by atoms with van der Waals surface area (Å²) in [4.78, 5) is 0. The van der Waals surface area contributed by atoms with E-state index in [4.69, 9.17) is 9.47 Å². The van der Waals surface area contributed by atoms with Crippen LogP contribution in [0.2, 0.25) is 0 Å². The number of rotatable bonds is 12. The topological polar surface area (TPSA) is 42.8 Å². The molecule has 0 atom stereocenters. The van der Waals surface area contributed by atoms with Crippen LogP contribution in [0.4, 0.5) is 0 Å². The van der Waals surface area contributed by atoms with Crippen molar-refractivity contribution < 1.29 is 9.47 Å². The molecule has 0 bridgehead atoms. The summed E-state index contributed by atoms with van der Waals surface area (Å²) in [7, 11) is 3.43. The van der Waals surface area contributed by atoms with Gasteiger partial charge in [-0.25, -0.2) is 0 Å². The van der Waals surface area contributed by atoms with Crippen LogP contribution < -0.4 is 14.9 Å². The third-order valence-corrected chi connectivity index (χ3v) is 3.54. The minimum absolute atomic E-state index is 0.744. The highest BCUT2D eigenvalue weighted by molar-refractivity contribution is 5.80. The summed E-state index contributed by atoms with van der Waals surface area (Å²) >= 11 is 0. The molecule has 0 saturated heterocycles. The molecule has 0 aliphatic carbocycles. The Morgan fingerprint density at radius 1 is 1.05 bits per heavy atom. The van der Waals surface area contributed by atoms with Crippen molar-refractivity contribution in [1.82, 2.24) is 5.43 Å². The molecule has 1 aromatic carbocycles. The van der Waals surface area contributed by atoms with E-state index in [1.807, 2.05) is 18.2 Å². The second kappa shape index (κ2) is 11.9. The van der Waals surface area contributed by atoms with Crippen molar-refractivity contribution >= 4 is 6.21 Å². The first-order chi connectivity index (χ1) is 10.8. The van der Waals surface area contributed by atoms with E-state index in [2.05, 4.69) is 17.5 Å². The maximum absolute atomic E-state index is 5.83. The number of benzene rings is 1. The standard InChI is InChI=1S/C18H30N2O2/c1-4-5-6-7-8-9-10-13-22-17-12-11-16(15-20-19-2)14-18(17)21-3/h11-12,14-15,19H,4-10,13H2,1-3H3/b20-15+. The Hall–Kier alpha value is -1.71. The van der Waals surface area contributed by atoms with Crippen LogP contribution in [0.5, 0.6) is 11.5 Å². The fourth-order valence-corrected chi connectivity index (χ4v) is 2.26. The van der Waals surface area contributed by atoms with Crippen LogP contribution >= 0.6 is 0 Å². The Bertz CT molecular complexity index is 433. The molecule has 1 aromatic rings. The molecule has 0 aromatic heterocycles. The van der Waals surface area contributed by atoms with Gasteiger partial charge in [0.25, 0.3) is 0 Å². The average molecular weight is 306 g/mol. The van der Waals surface area contributed by atoms with E-state index in [-0.39, 0.29) is 0 Å². The lowest BCUT2D eigenvalue weighted by Crippen LogP contribution is -2.00.